The fourth-order valence-corrected chi connectivity index (χ4v) is 1.41. The molecule has 0 saturated carbocycles. The Morgan fingerprint density at radius 3 is 2.47 bits per heavy atom. The number of rotatable bonds is 2. The number of aromatic nitrogens is 3. The number of aryl methyl sites for hydroxylation is 1. The lowest BCUT2D eigenvalue weighted by molar-refractivity contribution is 0.871. The maximum absolute atomic E-state index is 4.15. The molecule has 1 aromatic carbocycles. The minimum absolute atomic E-state index is 0.418. The van der Waals surface area contributed by atoms with Gasteiger partial charge in [0.2, 0.25) is 5.95 Å². The molecule has 0 bridgehead atoms. The number of hydrogen-bond acceptors (Lipinski definition) is 5. The summed E-state index contributed by atoms with van der Waals surface area (Å²) in [6.45, 7) is 1.80. The third-order valence-electron chi connectivity index (χ3n) is 1.77. The van der Waals surface area contributed by atoms with Gasteiger partial charge in [-0.25, -0.2) is 4.98 Å². The molecule has 0 aliphatic rings. The van der Waals surface area contributed by atoms with Crippen LogP contribution in [0.3, 0.4) is 0 Å². The summed E-state index contributed by atoms with van der Waals surface area (Å²) >= 11 is 4.09. The van der Waals surface area contributed by atoms with E-state index in [9.17, 15) is 0 Å². The smallest absolute Gasteiger partial charge is 0.231 e. The minimum Gasteiger partial charge on any atom is -0.324 e. The lowest BCUT2D eigenvalue weighted by atomic mass is 10.3. The zero-order chi connectivity index (χ0) is 10.7. The Bertz CT molecular complexity index is 438. The second kappa shape index (κ2) is 4.27. The number of para-hydroxylation sites is 1. The van der Waals surface area contributed by atoms with Crippen LogP contribution in [0.15, 0.2) is 35.5 Å². The van der Waals surface area contributed by atoms with E-state index in [1.54, 1.807) is 6.92 Å². The van der Waals surface area contributed by atoms with E-state index in [2.05, 4.69) is 32.9 Å². The highest BCUT2D eigenvalue weighted by Gasteiger charge is 2.00. The molecule has 4 nitrogen and oxygen atoms in total. The molecule has 0 unspecified atom stereocenters. The van der Waals surface area contributed by atoms with E-state index in [4.69, 9.17) is 0 Å². The fraction of sp³-hybridized carbons (Fsp3) is 0.100. The molecule has 76 valence electrons. The van der Waals surface area contributed by atoms with E-state index in [1.165, 1.54) is 0 Å². The van der Waals surface area contributed by atoms with E-state index in [0.717, 1.165) is 5.69 Å². The lowest BCUT2D eigenvalue weighted by Crippen LogP contribution is -2.01. The van der Waals surface area contributed by atoms with Crippen LogP contribution in [0.4, 0.5) is 11.6 Å². The van der Waals surface area contributed by atoms with Gasteiger partial charge in [-0.1, -0.05) is 18.2 Å². The molecule has 0 aliphatic carbocycles. The van der Waals surface area contributed by atoms with Crippen molar-refractivity contribution >= 4 is 24.3 Å². The Balaban J connectivity index is 2.25. The van der Waals surface area contributed by atoms with Crippen LogP contribution < -0.4 is 5.32 Å². The SMILES string of the molecule is Cc1nc(S)nc(Nc2ccccc2)n1. The van der Waals surface area contributed by atoms with E-state index in [-0.39, 0.29) is 0 Å². The molecule has 0 aliphatic heterocycles. The molecule has 15 heavy (non-hydrogen) atoms. The molecule has 0 atom stereocenters. The first-order valence-corrected chi connectivity index (χ1v) is 4.92. The Morgan fingerprint density at radius 2 is 1.80 bits per heavy atom. The molecule has 0 amide bonds. The lowest BCUT2D eigenvalue weighted by Gasteiger charge is -2.04. The van der Waals surface area contributed by atoms with Crippen molar-refractivity contribution < 1.29 is 0 Å². The number of hydrogen-bond donors (Lipinski definition) is 2. The van der Waals surface area contributed by atoms with Gasteiger partial charge in [-0.15, -0.1) is 12.6 Å². The third kappa shape index (κ3) is 2.66. The summed E-state index contributed by atoms with van der Waals surface area (Å²) < 4.78 is 0. The quantitative estimate of drug-likeness (QED) is 0.759. The summed E-state index contributed by atoms with van der Waals surface area (Å²) in [4.78, 5) is 12.2. The summed E-state index contributed by atoms with van der Waals surface area (Å²) in [6, 6.07) is 9.72. The summed E-state index contributed by atoms with van der Waals surface area (Å²) in [5.41, 5.74) is 0.941. The molecule has 0 radical (unpaired) electrons. The maximum atomic E-state index is 4.15. The van der Waals surface area contributed by atoms with Crippen LogP contribution >= 0.6 is 12.6 Å². The van der Waals surface area contributed by atoms with E-state index in [0.29, 0.717) is 16.9 Å². The molecule has 1 heterocycles. The largest absolute Gasteiger partial charge is 0.324 e. The molecule has 0 fully saturated rings. The minimum atomic E-state index is 0.418. The highest BCUT2D eigenvalue weighted by Crippen LogP contribution is 2.12. The zero-order valence-corrected chi connectivity index (χ0v) is 9.07. The normalized spacial score (nSPS) is 10.0. The van der Waals surface area contributed by atoms with Gasteiger partial charge in [0.05, 0.1) is 0 Å². The van der Waals surface area contributed by atoms with E-state index in [1.807, 2.05) is 30.3 Å². The van der Waals surface area contributed by atoms with Crippen molar-refractivity contribution in [3.05, 3.63) is 36.2 Å². The molecule has 0 saturated heterocycles. The van der Waals surface area contributed by atoms with Crippen molar-refractivity contribution in [3.8, 4) is 0 Å². The van der Waals surface area contributed by atoms with Crippen molar-refractivity contribution in [1.29, 1.82) is 0 Å². The predicted octanol–water partition coefficient (Wildman–Crippen LogP) is 2.21. The Kier molecular flexibility index (Phi) is 2.82. The van der Waals surface area contributed by atoms with Gasteiger partial charge in [-0.2, -0.15) is 9.97 Å². The topological polar surface area (TPSA) is 50.7 Å². The molecule has 0 spiro atoms. The summed E-state index contributed by atoms with van der Waals surface area (Å²) in [7, 11) is 0. The number of benzene rings is 1. The molecular formula is C10H10N4S. The van der Waals surface area contributed by atoms with Crippen LogP contribution in [-0.4, -0.2) is 15.0 Å². The summed E-state index contributed by atoms with van der Waals surface area (Å²) in [5, 5.41) is 3.49. The van der Waals surface area contributed by atoms with Crippen molar-refractivity contribution in [2.24, 2.45) is 0 Å². The van der Waals surface area contributed by atoms with Crippen LogP contribution in [-0.2, 0) is 0 Å². The van der Waals surface area contributed by atoms with Gasteiger partial charge in [0.15, 0.2) is 5.16 Å². The highest BCUT2D eigenvalue weighted by molar-refractivity contribution is 7.80. The Morgan fingerprint density at radius 1 is 1.07 bits per heavy atom. The van der Waals surface area contributed by atoms with Gasteiger partial charge in [-0.05, 0) is 19.1 Å². The number of thiol groups is 1. The average molecular weight is 218 g/mol. The molecule has 5 heteroatoms. The monoisotopic (exact) mass is 218 g/mol. The summed E-state index contributed by atoms with van der Waals surface area (Å²) in [6.07, 6.45) is 0. The molecule has 1 aromatic heterocycles. The second-order valence-electron chi connectivity index (χ2n) is 3.00. The van der Waals surface area contributed by atoms with Gasteiger partial charge < -0.3 is 5.32 Å². The second-order valence-corrected chi connectivity index (χ2v) is 3.40. The molecule has 1 N–H and O–H groups in total. The van der Waals surface area contributed by atoms with E-state index >= 15 is 0 Å². The number of nitrogens with one attached hydrogen (secondary N) is 1. The van der Waals surface area contributed by atoms with Gasteiger partial charge in [0.1, 0.15) is 5.82 Å². The first-order valence-electron chi connectivity index (χ1n) is 4.48. The zero-order valence-electron chi connectivity index (χ0n) is 8.18. The average Bonchev–Trinajstić information content (AvgIpc) is 2.17. The van der Waals surface area contributed by atoms with Gasteiger partial charge in [0.25, 0.3) is 0 Å². The molecular weight excluding hydrogens is 208 g/mol. The predicted molar refractivity (Wildman–Crippen MR) is 61.5 cm³/mol. The van der Waals surface area contributed by atoms with Crippen LogP contribution in [0, 0.1) is 6.92 Å². The Labute approximate surface area is 93.2 Å². The van der Waals surface area contributed by atoms with Crippen molar-refractivity contribution in [2.75, 3.05) is 5.32 Å². The van der Waals surface area contributed by atoms with E-state index < -0.39 is 0 Å². The van der Waals surface area contributed by atoms with Gasteiger partial charge >= 0.3 is 0 Å². The Hall–Kier alpha value is -1.62. The standard InChI is InChI=1S/C10H10N4S/c1-7-11-9(14-10(15)12-7)13-8-5-3-2-4-6-8/h2-6H,1H3,(H2,11,12,13,14,15). The van der Waals surface area contributed by atoms with Gasteiger partial charge in [0, 0.05) is 5.69 Å². The first-order chi connectivity index (χ1) is 7.24. The van der Waals surface area contributed by atoms with Gasteiger partial charge in [-0.3, -0.25) is 0 Å². The maximum Gasteiger partial charge on any atom is 0.231 e. The summed E-state index contributed by atoms with van der Waals surface area (Å²) in [5.74, 6) is 1.16. The first kappa shape index (κ1) is 9.92. The molecule has 2 rings (SSSR count). The van der Waals surface area contributed by atoms with Crippen LogP contribution in [0.1, 0.15) is 5.82 Å². The number of nitrogens with zero attached hydrogens (tertiary/aromatic N) is 3. The molecule has 2 aromatic rings. The number of anilines is 2. The fourth-order valence-electron chi connectivity index (χ4n) is 1.17. The van der Waals surface area contributed by atoms with Crippen LogP contribution in [0.25, 0.3) is 0 Å². The highest BCUT2D eigenvalue weighted by atomic mass is 32.1. The van der Waals surface area contributed by atoms with Crippen LogP contribution in [0.2, 0.25) is 0 Å². The third-order valence-corrected chi connectivity index (χ3v) is 1.97. The van der Waals surface area contributed by atoms with Crippen molar-refractivity contribution in [3.63, 3.8) is 0 Å². The van der Waals surface area contributed by atoms with Crippen molar-refractivity contribution in [1.82, 2.24) is 15.0 Å². The van der Waals surface area contributed by atoms with Crippen LogP contribution in [0.5, 0.6) is 0 Å². The van der Waals surface area contributed by atoms with Crippen molar-refractivity contribution in [2.45, 2.75) is 12.1 Å².